The van der Waals surface area contributed by atoms with Crippen LogP contribution >= 0.6 is 15.9 Å². The molecule has 0 spiro atoms. The fourth-order valence-electron chi connectivity index (χ4n) is 3.27. The van der Waals surface area contributed by atoms with Crippen molar-refractivity contribution in [2.45, 2.75) is 13.0 Å². The number of hydrogen-bond donors (Lipinski definition) is 1. The smallest absolute Gasteiger partial charge is 0.244 e. The zero-order valence-corrected chi connectivity index (χ0v) is 18.4. The van der Waals surface area contributed by atoms with Crippen LogP contribution in [0.4, 0.5) is 0 Å². The summed E-state index contributed by atoms with van der Waals surface area (Å²) in [6.07, 6.45) is 1.89. The average Bonchev–Trinajstić information content (AvgIpc) is 2.79. The highest BCUT2D eigenvalue weighted by atomic mass is 79.9. The summed E-state index contributed by atoms with van der Waals surface area (Å²) >= 11 is 3.39. The van der Waals surface area contributed by atoms with Crippen molar-refractivity contribution in [2.75, 3.05) is 0 Å². The van der Waals surface area contributed by atoms with Crippen LogP contribution in [0.2, 0.25) is 0 Å². The maximum atomic E-state index is 12.1. The number of ether oxygens (including phenoxy) is 1. The van der Waals surface area contributed by atoms with Crippen LogP contribution in [-0.2, 0) is 17.8 Å². The van der Waals surface area contributed by atoms with Gasteiger partial charge in [-0.15, -0.1) is 0 Å². The average molecular weight is 473 g/mol. The lowest BCUT2D eigenvalue weighted by atomic mass is 10.1. The number of carbonyl (C=O) groups is 1. The number of halogens is 1. The van der Waals surface area contributed by atoms with Gasteiger partial charge in [0, 0.05) is 4.47 Å². The Bertz CT molecular complexity index is 1210. The number of amides is 1. The summed E-state index contributed by atoms with van der Waals surface area (Å²) in [5.41, 5.74) is 5.48. The highest BCUT2D eigenvalue weighted by molar-refractivity contribution is 9.10. The molecule has 0 aromatic heterocycles. The van der Waals surface area contributed by atoms with Crippen molar-refractivity contribution in [3.05, 3.63) is 112 Å². The van der Waals surface area contributed by atoms with Crippen LogP contribution in [0.3, 0.4) is 0 Å². The molecule has 0 fully saturated rings. The Hall–Kier alpha value is -3.44. The first kappa shape index (κ1) is 20.8. The molecule has 1 N–H and O–H groups in total. The summed E-state index contributed by atoms with van der Waals surface area (Å²) in [7, 11) is 0. The Labute approximate surface area is 189 Å². The number of hydrogen-bond acceptors (Lipinski definition) is 3. The molecule has 4 aromatic rings. The van der Waals surface area contributed by atoms with Gasteiger partial charge in [-0.3, -0.25) is 4.79 Å². The molecule has 4 rings (SSSR count). The van der Waals surface area contributed by atoms with Gasteiger partial charge in [-0.2, -0.15) is 5.10 Å². The van der Waals surface area contributed by atoms with Gasteiger partial charge in [0.1, 0.15) is 12.4 Å². The Morgan fingerprint density at radius 1 is 0.935 bits per heavy atom. The van der Waals surface area contributed by atoms with E-state index >= 15 is 0 Å². The molecule has 0 aliphatic heterocycles. The lowest BCUT2D eigenvalue weighted by Crippen LogP contribution is -2.19. The van der Waals surface area contributed by atoms with Gasteiger partial charge in [-0.05, 0) is 51.7 Å². The first-order chi connectivity index (χ1) is 15.2. The molecular formula is C26H21BrN2O2. The molecule has 0 aliphatic rings. The summed E-state index contributed by atoms with van der Waals surface area (Å²) in [5.74, 6) is 0.583. The molecular weight excluding hydrogens is 452 g/mol. The van der Waals surface area contributed by atoms with Crippen molar-refractivity contribution in [1.29, 1.82) is 0 Å². The van der Waals surface area contributed by atoms with E-state index in [9.17, 15) is 4.79 Å². The van der Waals surface area contributed by atoms with Gasteiger partial charge in [0.05, 0.1) is 12.6 Å². The van der Waals surface area contributed by atoms with E-state index in [0.29, 0.717) is 6.61 Å². The lowest BCUT2D eigenvalue weighted by molar-refractivity contribution is -0.120. The predicted molar refractivity (Wildman–Crippen MR) is 128 cm³/mol. The summed E-state index contributed by atoms with van der Waals surface area (Å²) < 4.78 is 6.99. The second-order valence-electron chi connectivity index (χ2n) is 7.10. The van der Waals surface area contributed by atoms with E-state index in [0.717, 1.165) is 26.9 Å². The molecule has 4 aromatic carbocycles. The fraction of sp³-hybridized carbons (Fsp3) is 0.0769. The maximum Gasteiger partial charge on any atom is 0.244 e. The van der Waals surface area contributed by atoms with Crippen molar-refractivity contribution in [2.24, 2.45) is 5.10 Å². The van der Waals surface area contributed by atoms with Crippen LogP contribution in [0.1, 0.15) is 16.7 Å². The highest BCUT2D eigenvalue weighted by Crippen LogP contribution is 2.21. The van der Waals surface area contributed by atoms with Crippen molar-refractivity contribution < 1.29 is 9.53 Å². The molecule has 0 bridgehead atoms. The van der Waals surface area contributed by atoms with E-state index in [4.69, 9.17) is 4.74 Å². The van der Waals surface area contributed by atoms with Crippen LogP contribution in [0, 0.1) is 0 Å². The predicted octanol–water partition coefficient (Wildman–Crippen LogP) is 5.87. The molecule has 0 unspecified atom stereocenters. The highest BCUT2D eigenvalue weighted by Gasteiger charge is 2.03. The molecule has 4 nitrogen and oxygen atoms in total. The van der Waals surface area contributed by atoms with Gasteiger partial charge >= 0.3 is 0 Å². The largest absolute Gasteiger partial charge is 0.489 e. The molecule has 0 saturated heterocycles. The summed E-state index contributed by atoms with van der Waals surface area (Å²) in [6.45, 7) is 0.478. The first-order valence-electron chi connectivity index (χ1n) is 9.93. The monoisotopic (exact) mass is 472 g/mol. The SMILES string of the molecule is O=C(Cc1ccc(Br)cc1)N/N=C\c1cccc(OCc2cccc3ccccc23)c1. The molecule has 0 saturated carbocycles. The minimum absolute atomic E-state index is 0.165. The fourth-order valence-corrected chi connectivity index (χ4v) is 3.53. The van der Waals surface area contributed by atoms with Gasteiger partial charge in [0.15, 0.2) is 0 Å². The number of nitrogens with one attached hydrogen (secondary N) is 1. The first-order valence-corrected chi connectivity index (χ1v) is 10.7. The molecule has 0 atom stereocenters. The molecule has 0 aliphatic carbocycles. The van der Waals surface area contributed by atoms with Crippen molar-refractivity contribution in [1.82, 2.24) is 5.43 Å². The third kappa shape index (κ3) is 5.80. The minimum Gasteiger partial charge on any atom is -0.489 e. The van der Waals surface area contributed by atoms with Crippen molar-refractivity contribution >= 4 is 38.8 Å². The number of carbonyl (C=O) groups excluding carboxylic acids is 1. The summed E-state index contributed by atoms with van der Waals surface area (Å²) in [4.78, 5) is 12.1. The van der Waals surface area contributed by atoms with E-state index in [2.05, 4.69) is 50.7 Å². The number of fused-ring (bicyclic) bond motifs is 1. The second kappa shape index (κ2) is 10.0. The van der Waals surface area contributed by atoms with Crippen LogP contribution < -0.4 is 10.2 Å². The van der Waals surface area contributed by atoms with Gasteiger partial charge in [0.25, 0.3) is 0 Å². The van der Waals surface area contributed by atoms with E-state index in [-0.39, 0.29) is 12.3 Å². The molecule has 31 heavy (non-hydrogen) atoms. The number of benzene rings is 4. The number of nitrogens with zero attached hydrogens (tertiary/aromatic N) is 1. The second-order valence-corrected chi connectivity index (χ2v) is 8.01. The molecule has 1 amide bonds. The quantitative estimate of drug-likeness (QED) is 0.270. The molecule has 0 heterocycles. The Morgan fingerprint density at radius 3 is 2.58 bits per heavy atom. The lowest BCUT2D eigenvalue weighted by Gasteiger charge is -2.09. The van der Waals surface area contributed by atoms with Crippen LogP contribution in [0.5, 0.6) is 5.75 Å². The van der Waals surface area contributed by atoms with Crippen LogP contribution in [0.25, 0.3) is 10.8 Å². The van der Waals surface area contributed by atoms with E-state index in [1.54, 1.807) is 6.21 Å². The molecule has 5 heteroatoms. The Kier molecular flexibility index (Phi) is 6.75. The zero-order chi connectivity index (χ0) is 21.5. The maximum absolute atomic E-state index is 12.1. The summed E-state index contributed by atoms with van der Waals surface area (Å²) in [5, 5.41) is 6.45. The molecule has 154 valence electrons. The number of rotatable bonds is 7. The van der Waals surface area contributed by atoms with Gasteiger partial charge in [-0.1, -0.05) is 82.7 Å². The van der Waals surface area contributed by atoms with Crippen molar-refractivity contribution in [3.63, 3.8) is 0 Å². The summed E-state index contributed by atoms with van der Waals surface area (Å²) in [6, 6.07) is 29.8. The van der Waals surface area contributed by atoms with Gasteiger partial charge in [0.2, 0.25) is 5.91 Å². The minimum atomic E-state index is -0.165. The van der Waals surface area contributed by atoms with Crippen LogP contribution in [0.15, 0.2) is 101 Å². The van der Waals surface area contributed by atoms with Crippen molar-refractivity contribution in [3.8, 4) is 5.75 Å². The van der Waals surface area contributed by atoms with Gasteiger partial charge in [-0.25, -0.2) is 5.43 Å². The Balaban J connectivity index is 1.34. The Morgan fingerprint density at radius 2 is 1.71 bits per heavy atom. The standard InChI is InChI=1S/C26H21BrN2O2/c27-23-13-11-19(12-14-23)16-26(30)29-28-17-20-5-3-9-24(15-20)31-18-22-8-4-7-21-6-1-2-10-25(21)22/h1-15,17H,16,18H2,(H,29,30)/b28-17-. The van der Waals surface area contributed by atoms with E-state index < -0.39 is 0 Å². The van der Waals surface area contributed by atoms with E-state index in [1.807, 2.05) is 66.7 Å². The third-order valence-electron chi connectivity index (χ3n) is 4.81. The zero-order valence-electron chi connectivity index (χ0n) is 16.8. The normalized spacial score (nSPS) is 11.0. The van der Waals surface area contributed by atoms with E-state index in [1.165, 1.54) is 10.8 Å². The molecule has 0 radical (unpaired) electrons. The van der Waals surface area contributed by atoms with Gasteiger partial charge < -0.3 is 4.74 Å². The number of hydrazone groups is 1. The van der Waals surface area contributed by atoms with Crippen LogP contribution in [-0.4, -0.2) is 12.1 Å². The topological polar surface area (TPSA) is 50.7 Å². The third-order valence-corrected chi connectivity index (χ3v) is 5.34.